The van der Waals surface area contributed by atoms with Gasteiger partial charge in [0.1, 0.15) is 6.07 Å². The Labute approximate surface area is 105 Å². The van der Waals surface area contributed by atoms with Gasteiger partial charge in [-0.25, -0.2) is 9.78 Å². The topological polar surface area (TPSA) is 75.5 Å². The number of anilines is 1. The second-order valence-corrected chi connectivity index (χ2v) is 3.79. The van der Waals surface area contributed by atoms with Crippen LogP contribution < -0.4 is 4.90 Å². The van der Waals surface area contributed by atoms with Crippen molar-refractivity contribution in [2.75, 3.05) is 38.3 Å². The number of aromatic nitrogens is 1. The maximum atomic E-state index is 11.7. The summed E-state index contributed by atoms with van der Waals surface area (Å²) in [5.74, 6) is -0.499. The second-order valence-electron chi connectivity index (χ2n) is 3.79. The van der Waals surface area contributed by atoms with Crippen LogP contribution in [0.2, 0.25) is 0 Å². The van der Waals surface area contributed by atoms with Crippen molar-refractivity contribution < 1.29 is 14.3 Å². The first-order valence-electron chi connectivity index (χ1n) is 5.57. The zero-order valence-corrected chi connectivity index (χ0v) is 10.0. The van der Waals surface area contributed by atoms with Crippen LogP contribution in [-0.4, -0.2) is 44.4 Å². The molecule has 0 radical (unpaired) electrons. The summed E-state index contributed by atoms with van der Waals surface area (Å²) in [6.07, 6.45) is 1.37. The van der Waals surface area contributed by atoms with Gasteiger partial charge in [-0.15, -0.1) is 0 Å². The van der Waals surface area contributed by atoms with Gasteiger partial charge >= 0.3 is 5.97 Å². The van der Waals surface area contributed by atoms with Crippen LogP contribution in [0.5, 0.6) is 0 Å². The fraction of sp³-hybridized carbons (Fsp3) is 0.417. The summed E-state index contributed by atoms with van der Waals surface area (Å²) in [7, 11) is 1.31. The first-order valence-corrected chi connectivity index (χ1v) is 5.57. The molecule has 0 aliphatic carbocycles. The number of pyridine rings is 1. The molecule has 94 valence electrons. The molecule has 0 N–H and O–H groups in total. The number of esters is 1. The lowest BCUT2D eigenvalue weighted by Gasteiger charge is -2.29. The molecule has 2 heterocycles. The Morgan fingerprint density at radius 1 is 1.56 bits per heavy atom. The highest BCUT2D eigenvalue weighted by Gasteiger charge is 2.21. The van der Waals surface area contributed by atoms with Crippen molar-refractivity contribution >= 4 is 11.7 Å². The summed E-state index contributed by atoms with van der Waals surface area (Å²) in [4.78, 5) is 17.6. The van der Waals surface area contributed by atoms with E-state index in [9.17, 15) is 4.79 Å². The van der Waals surface area contributed by atoms with E-state index in [2.05, 4.69) is 4.98 Å². The zero-order valence-electron chi connectivity index (χ0n) is 10.0. The molecular formula is C12H13N3O3. The van der Waals surface area contributed by atoms with Gasteiger partial charge in [-0.1, -0.05) is 0 Å². The molecule has 0 spiro atoms. The Morgan fingerprint density at radius 2 is 2.28 bits per heavy atom. The molecule has 1 saturated heterocycles. The number of rotatable bonds is 2. The van der Waals surface area contributed by atoms with Gasteiger partial charge in [-0.2, -0.15) is 5.26 Å². The molecule has 2 rings (SSSR count). The van der Waals surface area contributed by atoms with E-state index in [-0.39, 0.29) is 5.69 Å². The van der Waals surface area contributed by atoms with Gasteiger partial charge in [-0.05, 0) is 6.07 Å². The molecular weight excluding hydrogens is 234 g/mol. The average molecular weight is 247 g/mol. The van der Waals surface area contributed by atoms with Crippen LogP contribution in [0.4, 0.5) is 5.69 Å². The van der Waals surface area contributed by atoms with Crippen LogP contribution >= 0.6 is 0 Å². The number of morpholine rings is 1. The van der Waals surface area contributed by atoms with Gasteiger partial charge in [0.2, 0.25) is 0 Å². The summed E-state index contributed by atoms with van der Waals surface area (Å²) in [5, 5.41) is 8.90. The molecule has 0 amide bonds. The molecule has 1 aromatic heterocycles. The van der Waals surface area contributed by atoms with Gasteiger partial charge in [0, 0.05) is 19.3 Å². The van der Waals surface area contributed by atoms with Crippen LogP contribution in [0.25, 0.3) is 0 Å². The van der Waals surface area contributed by atoms with Gasteiger partial charge in [0.25, 0.3) is 0 Å². The van der Waals surface area contributed by atoms with Gasteiger partial charge in [0.05, 0.1) is 31.6 Å². The Balaban J connectivity index is 2.40. The Kier molecular flexibility index (Phi) is 3.75. The minimum absolute atomic E-state index is 0.235. The smallest absolute Gasteiger partial charge is 0.358 e. The predicted octanol–water partition coefficient (Wildman–Crippen LogP) is 0.576. The molecule has 6 heteroatoms. The summed E-state index contributed by atoms with van der Waals surface area (Å²) in [6, 6.07) is 3.68. The fourth-order valence-electron chi connectivity index (χ4n) is 1.81. The normalized spacial score (nSPS) is 15.0. The lowest BCUT2D eigenvalue weighted by molar-refractivity contribution is 0.0593. The molecule has 0 atom stereocenters. The molecule has 1 aromatic rings. The van der Waals surface area contributed by atoms with E-state index < -0.39 is 5.97 Å². The zero-order chi connectivity index (χ0) is 13.0. The minimum Gasteiger partial charge on any atom is -0.464 e. The molecule has 1 aliphatic heterocycles. The highest BCUT2D eigenvalue weighted by atomic mass is 16.5. The van der Waals surface area contributed by atoms with E-state index in [0.717, 1.165) is 0 Å². The van der Waals surface area contributed by atoms with Crippen molar-refractivity contribution in [1.82, 2.24) is 4.98 Å². The Hall–Kier alpha value is -2.13. The first-order chi connectivity index (χ1) is 8.76. The van der Waals surface area contributed by atoms with Crippen molar-refractivity contribution in [2.45, 2.75) is 0 Å². The van der Waals surface area contributed by atoms with Crippen LogP contribution in [0.15, 0.2) is 12.3 Å². The highest BCUT2D eigenvalue weighted by Crippen LogP contribution is 2.22. The molecule has 0 saturated carbocycles. The minimum atomic E-state index is -0.499. The maximum Gasteiger partial charge on any atom is 0.358 e. The van der Waals surface area contributed by atoms with Crippen molar-refractivity contribution in [2.24, 2.45) is 0 Å². The van der Waals surface area contributed by atoms with E-state index in [1.165, 1.54) is 13.3 Å². The third kappa shape index (κ3) is 2.41. The molecule has 0 unspecified atom stereocenters. The lowest BCUT2D eigenvalue weighted by atomic mass is 10.2. The highest BCUT2D eigenvalue weighted by molar-refractivity contribution is 5.93. The van der Waals surface area contributed by atoms with Gasteiger partial charge in [0.15, 0.2) is 5.69 Å². The second kappa shape index (κ2) is 5.47. The molecule has 1 fully saturated rings. The van der Waals surface area contributed by atoms with Crippen molar-refractivity contribution in [1.29, 1.82) is 5.26 Å². The summed E-state index contributed by atoms with van der Waals surface area (Å²) in [5.41, 5.74) is 1.28. The van der Waals surface area contributed by atoms with Gasteiger partial charge < -0.3 is 14.4 Å². The fourth-order valence-corrected chi connectivity index (χ4v) is 1.81. The van der Waals surface area contributed by atoms with Crippen molar-refractivity contribution in [3.8, 4) is 6.07 Å². The van der Waals surface area contributed by atoms with E-state index in [1.54, 1.807) is 6.07 Å². The van der Waals surface area contributed by atoms with Crippen LogP contribution in [0.1, 0.15) is 16.1 Å². The van der Waals surface area contributed by atoms with Crippen LogP contribution in [0.3, 0.4) is 0 Å². The number of nitriles is 1. The van der Waals surface area contributed by atoms with E-state index in [4.69, 9.17) is 14.7 Å². The molecule has 0 bridgehead atoms. The van der Waals surface area contributed by atoms with Crippen molar-refractivity contribution in [3.05, 3.63) is 23.5 Å². The Bertz CT molecular complexity index is 490. The van der Waals surface area contributed by atoms with Crippen LogP contribution in [-0.2, 0) is 9.47 Å². The first kappa shape index (κ1) is 12.3. The molecule has 1 aliphatic rings. The number of carbonyl (C=O) groups excluding carboxylic acids is 1. The Morgan fingerprint density at radius 3 is 2.89 bits per heavy atom. The summed E-state index contributed by atoms with van der Waals surface area (Å²) >= 11 is 0. The lowest BCUT2D eigenvalue weighted by Crippen LogP contribution is -2.37. The standard InChI is InChI=1S/C12H13N3O3/c1-17-12(16)11-10(6-9(7-13)8-14-11)15-2-4-18-5-3-15/h6,8H,2-5H2,1H3. The number of nitrogens with zero attached hydrogens (tertiary/aromatic N) is 3. The largest absolute Gasteiger partial charge is 0.464 e. The number of carbonyl (C=O) groups is 1. The summed E-state index contributed by atoms with van der Waals surface area (Å²) in [6.45, 7) is 2.52. The third-order valence-electron chi connectivity index (χ3n) is 2.73. The van der Waals surface area contributed by atoms with Crippen LogP contribution in [0, 0.1) is 11.3 Å². The van der Waals surface area contributed by atoms with Gasteiger partial charge in [-0.3, -0.25) is 0 Å². The number of hydrogen-bond donors (Lipinski definition) is 0. The number of methoxy groups -OCH3 is 1. The van der Waals surface area contributed by atoms with E-state index in [0.29, 0.717) is 37.6 Å². The molecule has 18 heavy (non-hydrogen) atoms. The SMILES string of the molecule is COC(=O)c1ncc(C#N)cc1N1CCOCC1. The summed E-state index contributed by atoms with van der Waals surface area (Å²) < 4.78 is 9.96. The maximum absolute atomic E-state index is 11.7. The number of hydrogen-bond acceptors (Lipinski definition) is 6. The average Bonchev–Trinajstić information content (AvgIpc) is 2.46. The monoisotopic (exact) mass is 247 g/mol. The molecule has 0 aromatic carbocycles. The molecule has 6 nitrogen and oxygen atoms in total. The number of ether oxygens (including phenoxy) is 2. The third-order valence-corrected chi connectivity index (χ3v) is 2.73. The van der Waals surface area contributed by atoms with E-state index in [1.807, 2.05) is 11.0 Å². The van der Waals surface area contributed by atoms with Crippen molar-refractivity contribution in [3.63, 3.8) is 0 Å². The quantitative estimate of drug-likeness (QED) is 0.711. The predicted molar refractivity (Wildman–Crippen MR) is 63.3 cm³/mol. The van der Waals surface area contributed by atoms with E-state index >= 15 is 0 Å².